The molecule has 0 aliphatic carbocycles. The first kappa shape index (κ1) is 12.9. The molecule has 2 aromatic carbocycles. The van der Waals surface area contributed by atoms with Crippen molar-refractivity contribution in [2.24, 2.45) is 0 Å². The molecule has 0 aliphatic rings. The van der Waals surface area contributed by atoms with Crippen LogP contribution in [0.5, 0.6) is 5.75 Å². The summed E-state index contributed by atoms with van der Waals surface area (Å²) in [6.45, 7) is 0. The first-order chi connectivity index (χ1) is 8.78. The zero-order chi connectivity index (χ0) is 12.8. The van der Waals surface area contributed by atoms with E-state index in [1.54, 1.807) is 7.11 Å². The monoisotopic (exact) mass is 302 g/mol. The second-order valence-corrected chi connectivity index (χ2v) is 4.92. The van der Waals surface area contributed by atoms with Gasteiger partial charge in [0.2, 0.25) is 0 Å². The molecule has 0 amide bonds. The molecule has 0 bridgehead atoms. The van der Waals surface area contributed by atoms with Crippen LogP contribution in [0.2, 0.25) is 0 Å². The van der Waals surface area contributed by atoms with Gasteiger partial charge in [0.15, 0.2) is 0 Å². The van der Waals surface area contributed by atoms with Gasteiger partial charge in [-0.2, -0.15) is 0 Å². The number of hydrogen-bond acceptors (Lipinski definition) is 1. The van der Waals surface area contributed by atoms with Crippen LogP contribution in [-0.4, -0.2) is 7.11 Å². The van der Waals surface area contributed by atoms with Crippen LogP contribution in [0.4, 0.5) is 0 Å². The second-order valence-electron chi connectivity index (χ2n) is 4.01. The van der Waals surface area contributed by atoms with Crippen molar-refractivity contribution in [2.45, 2.75) is 6.42 Å². The highest BCUT2D eigenvalue weighted by Crippen LogP contribution is 2.14. The van der Waals surface area contributed by atoms with Crippen LogP contribution >= 0.6 is 15.9 Å². The summed E-state index contributed by atoms with van der Waals surface area (Å²) < 4.78 is 6.24. The molecule has 0 heterocycles. The third-order valence-electron chi connectivity index (χ3n) is 2.69. The molecule has 0 saturated heterocycles. The van der Waals surface area contributed by atoms with Crippen molar-refractivity contribution in [1.82, 2.24) is 0 Å². The quantitative estimate of drug-likeness (QED) is 0.794. The molecule has 0 atom stereocenters. The van der Waals surface area contributed by atoms with Crippen LogP contribution in [-0.2, 0) is 6.42 Å². The average Bonchev–Trinajstić information content (AvgIpc) is 2.42. The highest BCUT2D eigenvalue weighted by Gasteiger charge is 1.91. The van der Waals surface area contributed by atoms with Gasteiger partial charge < -0.3 is 4.74 Å². The topological polar surface area (TPSA) is 9.23 Å². The Bertz CT molecular complexity index is 512. The Labute approximate surface area is 116 Å². The molecule has 0 saturated carbocycles. The Morgan fingerprint density at radius 1 is 1.00 bits per heavy atom. The molecule has 2 rings (SSSR count). The van der Waals surface area contributed by atoms with Crippen LogP contribution in [0.3, 0.4) is 0 Å². The summed E-state index contributed by atoms with van der Waals surface area (Å²) in [4.78, 5) is 0. The van der Waals surface area contributed by atoms with Crippen LogP contribution < -0.4 is 4.74 Å². The molecule has 0 aliphatic heterocycles. The normalized spacial score (nSPS) is 10.8. The predicted molar refractivity (Wildman–Crippen MR) is 79.9 cm³/mol. The SMILES string of the molecule is COc1ccc(C=CCc2ccc(Br)cc2)cc1. The van der Waals surface area contributed by atoms with Crippen LogP contribution in [0, 0.1) is 0 Å². The zero-order valence-electron chi connectivity index (χ0n) is 10.3. The molecule has 0 unspecified atom stereocenters. The van der Waals surface area contributed by atoms with Gasteiger partial charge in [0.1, 0.15) is 5.75 Å². The Morgan fingerprint density at radius 2 is 1.67 bits per heavy atom. The van der Waals surface area contributed by atoms with Gasteiger partial charge in [-0.1, -0.05) is 52.3 Å². The maximum absolute atomic E-state index is 5.13. The van der Waals surface area contributed by atoms with E-state index in [1.807, 2.05) is 12.1 Å². The third kappa shape index (κ3) is 3.74. The van der Waals surface area contributed by atoms with Gasteiger partial charge in [-0.15, -0.1) is 0 Å². The minimum atomic E-state index is 0.889. The summed E-state index contributed by atoms with van der Waals surface area (Å²) >= 11 is 3.43. The Hall–Kier alpha value is -1.54. The number of benzene rings is 2. The lowest BCUT2D eigenvalue weighted by Crippen LogP contribution is -1.82. The van der Waals surface area contributed by atoms with E-state index in [2.05, 4.69) is 64.5 Å². The summed E-state index contributed by atoms with van der Waals surface area (Å²) in [6, 6.07) is 16.4. The lowest BCUT2D eigenvalue weighted by Gasteiger charge is -1.99. The molecule has 0 radical (unpaired) electrons. The summed E-state index contributed by atoms with van der Waals surface area (Å²) in [5, 5.41) is 0. The number of halogens is 1. The fraction of sp³-hybridized carbons (Fsp3) is 0.125. The highest BCUT2D eigenvalue weighted by molar-refractivity contribution is 9.10. The number of allylic oxidation sites excluding steroid dienone is 1. The van der Waals surface area contributed by atoms with E-state index in [0.29, 0.717) is 0 Å². The number of ether oxygens (including phenoxy) is 1. The maximum Gasteiger partial charge on any atom is 0.118 e. The molecule has 1 nitrogen and oxygen atoms in total. The molecule has 18 heavy (non-hydrogen) atoms. The minimum absolute atomic E-state index is 0.889. The van der Waals surface area contributed by atoms with Crippen molar-refractivity contribution in [3.63, 3.8) is 0 Å². The Kier molecular flexibility index (Phi) is 4.59. The number of methoxy groups -OCH3 is 1. The minimum Gasteiger partial charge on any atom is -0.497 e. The van der Waals surface area contributed by atoms with E-state index < -0.39 is 0 Å². The number of hydrogen-bond donors (Lipinski definition) is 0. The summed E-state index contributed by atoms with van der Waals surface area (Å²) in [6.07, 6.45) is 5.24. The lowest BCUT2D eigenvalue weighted by molar-refractivity contribution is 0.415. The average molecular weight is 303 g/mol. The molecule has 0 N–H and O–H groups in total. The summed E-state index contributed by atoms with van der Waals surface area (Å²) in [7, 11) is 1.68. The molecular formula is C16H15BrO. The number of rotatable bonds is 4. The van der Waals surface area contributed by atoms with Crippen LogP contribution in [0.15, 0.2) is 59.1 Å². The Balaban J connectivity index is 1.96. The van der Waals surface area contributed by atoms with E-state index in [9.17, 15) is 0 Å². The van der Waals surface area contributed by atoms with Crippen molar-refractivity contribution >= 4 is 22.0 Å². The van der Waals surface area contributed by atoms with Crippen molar-refractivity contribution in [1.29, 1.82) is 0 Å². The molecule has 0 aromatic heterocycles. The van der Waals surface area contributed by atoms with Crippen LogP contribution in [0.25, 0.3) is 6.08 Å². The van der Waals surface area contributed by atoms with Crippen molar-refractivity contribution in [2.75, 3.05) is 7.11 Å². The van der Waals surface area contributed by atoms with E-state index in [-0.39, 0.29) is 0 Å². The summed E-state index contributed by atoms with van der Waals surface area (Å²) in [5.74, 6) is 0.889. The molecule has 0 fully saturated rings. The zero-order valence-corrected chi connectivity index (χ0v) is 11.9. The largest absolute Gasteiger partial charge is 0.497 e. The molecule has 92 valence electrons. The van der Waals surface area contributed by atoms with Crippen molar-refractivity contribution < 1.29 is 4.74 Å². The van der Waals surface area contributed by atoms with E-state index in [0.717, 1.165) is 16.6 Å². The van der Waals surface area contributed by atoms with E-state index in [1.165, 1.54) is 11.1 Å². The Morgan fingerprint density at radius 3 is 2.28 bits per heavy atom. The van der Waals surface area contributed by atoms with Gasteiger partial charge in [0.05, 0.1) is 7.11 Å². The molecule has 2 heteroatoms. The highest BCUT2D eigenvalue weighted by atomic mass is 79.9. The summed E-state index contributed by atoms with van der Waals surface area (Å²) in [5.41, 5.74) is 2.50. The van der Waals surface area contributed by atoms with Gasteiger partial charge in [0, 0.05) is 4.47 Å². The van der Waals surface area contributed by atoms with Gasteiger partial charge in [-0.25, -0.2) is 0 Å². The fourth-order valence-corrected chi connectivity index (χ4v) is 1.93. The van der Waals surface area contributed by atoms with Crippen molar-refractivity contribution in [3.8, 4) is 5.75 Å². The molecule has 2 aromatic rings. The smallest absolute Gasteiger partial charge is 0.118 e. The molecular weight excluding hydrogens is 288 g/mol. The maximum atomic E-state index is 5.13. The van der Waals surface area contributed by atoms with Gasteiger partial charge in [0.25, 0.3) is 0 Å². The standard InChI is InChI=1S/C16H15BrO/c1-18-16-11-7-14(8-12-16)4-2-3-13-5-9-15(17)10-6-13/h2,4-12H,3H2,1H3. The van der Waals surface area contributed by atoms with Gasteiger partial charge >= 0.3 is 0 Å². The van der Waals surface area contributed by atoms with E-state index >= 15 is 0 Å². The van der Waals surface area contributed by atoms with Gasteiger partial charge in [-0.3, -0.25) is 0 Å². The van der Waals surface area contributed by atoms with Crippen molar-refractivity contribution in [3.05, 3.63) is 70.2 Å². The predicted octanol–water partition coefficient (Wildman–Crippen LogP) is 4.71. The molecule has 0 spiro atoms. The third-order valence-corrected chi connectivity index (χ3v) is 3.22. The van der Waals surface area contributed by atoms with Crippen LogP contribution in [0.1, 0.15) is 11.1 Å². The van der Waals surface area contributed by atoms with Gasteiger partial charge in [-0.05, 0) is 41.8 Å². The second kappa shape index (κ2) is 6.41. The first-order valence-corrected chi connectivity index (χ1v) is 6.62. The first-order valence-electron chi connectivity index (χ1n) is 5.83. The fourth-order valence-electron chi connectivity index (χ4n) is 1.67. The lowest BCUT2D eigenvalue weighted by atomic mass is 10.1. The van der Waals surface area contributed by atoms with E-state index in [4.69, 9.17) is 4.74 Å².